The molecule has 1 aliphatic carbocycles. The van der Waals surface area contributed by atoms with Crippen molar-refractivity contribution in [2.24, 2.45) is 5.92 Å². The first-order valence-corrected chi connectivity index (χ1v) is 9.72. The minimum absolute atomic E-state index is 0.190. The maximum atomic E-state index is 12.4. The van der Waals surface area contributed by atoms with Crippen molar-refractivity contribution in [3.8, 4) is 16.9 Å². The third-order valence-corrected chi connectivity index (χ3v) is 5.35. The molecule has 0 radical (unpaired) electrons. The van der Waals surface area contributed by atoms with Crippen LogP contribution in [0.4, 0.5) is 10.5 Å². The Morgan fingerprint density at radius 1 is 1.14 bits per heavy atom. The number of methoxy groups -OCH3 is 1. The number of benzene rings is 2. The number of nitrogens with zero attached hydrogens (tertiary/aromatic N) is 1. The van der Waals surface area contributed by atoms with Crippen LogP contribution in [0.1, 0.15) is 19.3 Å². The molecular weight excluding hydrogens is 354 g/mol. The van der Waals surface area contributed by atoms with Crippen molar-refractivity contribution in [1.82, 2.24) is 10.2 Å². The van der Waals surface area contributed by atoms with Crippen molar-refractivity contribution in [3.05, 3.63) is 48.5 Å². The molecule has 2 aromatic carbocycles. The van der Waals surface area contributed by atoms with Crippen LogP contribution in [0.2, 0.25) is 0 Å². The van der Waals surface area contributed by atoms with Gasteiger partial charge in [0.05, 0.1) is 12.8 Å². The number of urea groups is 1. The number of likely N-dealkylation sites (tertiary alicyclic amines) is 1. The molecule has 1 atom stereocenters. The largest absolute Gasteiger partial charge is 0.497 e. The van der Waals surface area contributed by atoms with Crippen LogP contribution >= 0.6 is 0 Å². The van der Waals surface area contributed by atoms with E-state index in [1.165, 1.54) is 0 Å². The molecule has 1 aliphatic heterocycles. The summed E-state index contributed by atoms with van der Waals surface area (Å²) in [4.78, 5) is 26.4. The summed E-state index contributed by atoms with van der Waals surface area (Å²) in [5, 5.41) is 5.86. The summed E-state index contributed by atoms with van der Waals surface area (Å²) in [5.74, 6) is 1.20. The highest BCUT2D eigenvalue weighted by molar-refractivity contribution is 5.94. The molecule has 2 N–H and O–H groups in total. The number of hydrogen-bond acceptors (Lipinski definition) is 3. The van der Waals surface area contributed by atoms with Gasteiger partial charge in [-0.3, -0.25) is 4.79 Å². The third-order valence-electron chi connectivity index (χ3n) is 5.35. The Bertz CT molecular complexity index is 862. The molecule has 2 fully saturated rings. The number of carbonyl (C=O) groups excluding carboxylic acids is 2. The lowest BCUT2D eigenvalue weighted by atomic mass is 10.0. The van der Waals surface area contributed by atoms with Gasteiger partial charge < -0.3 is 20.3 Å². The van der Waals surface area contributed by atoms with E-state index < -0.39 is 0 Å². The van der Waals surface area contributed by atoms with Crippen LogP contribution in [0.25, 0.3) is 11.1 Å². The van der Waals surface area contributed by atoms with Gasteiger partial charge in [0.15, 0.2) is 0 Å². The first kappa shape index (κ1) is 18.3. The molecule has 28 heavy (non-hydrogen) atoms. The number of rotatable bonds is 6. The maximum absolute atomic E-state index is 12.4. The molecule has 4 rings (SSSR count). The molecule has 1 heterocycles. The SMILES string of the molecule is COc1ccc(-c2ccccc2NC(=O)NC[C@@H]2CC(=O)N(C3CC3)C2)cc1. The molecule has 0 spiro atoms. The Balaban J connectivity index is 1.36. The van der Waals surface area contributed by atoms with Crippen LogP contribution in [0.15, 0.2) is 48.5 Å². The van der Waals surface area contributed by atoms with Gasteiger partial charge in [-0.2, -0.15) is 0 Å². The van der Waals surface area contributed by atoms with E-state index in [1.54, 1.807) is 7.11 Å². The van der Waals surface area contributed by atoms with Gasteiger partial charge in [0.2, 0.25) is 5.91 Å². The van der Waals surface area contributed by atoms with E-state index in [2.05, 4.69) is 10.6 Å². The second kappa shape index (κ2) is 7.92. The summed E-state index contributed by atoms with van der Waals surface area (Å²) in [7, 11) is 1.64. The fraction of sp³-hybridized carbons (Fsp3) is 0.364. The van der Waals surface area contributed by atoms with Crippen LogP contribution < -0.4 is 15.4 Å². The van der Waals surface area contributed by atoms with E-state index in [4.69, 9.17) is 4.74 Å². The van der Waals surface area contributed by atoms with Gasteiger partial charge in [-0.1, -0.05) is 30.3 Å². The van der Waals surface area contributed by atoms with Gasteiger partial charge in [-0.15, -0.1) is 0 Å². The maximum Gasteiger partial charge on any atom is 0.319 e. The minimum Gasteiger partial charge on any atom is -0.497 e. The lowest BCUT2D eigenvalue weighted by molar-refractivity contribution is -0.128. The third kappa shape index (κ3) is 4.11. The van der Waals surface area contributed by atoms with Gasteiger partial charge in [-0.05, 0) is 36.6 Å². The van der Waals surface area contributed by atoms with E-state index in [0.717, 1.165) is 42.0 Å². The molecule has 0 unspecified atom stereocenters. The predicted molar refractivity (Wildman–Crippen MR) is 108 cm³/mol. The van der Waals surface area contributed by atoms with Crippen LogP contribution in [-0.4, -0.2) is 43.1 Å². The number of nitrogens with one attached hydrogen (secondary N) is 2. The molecular formula is C22H25N3O3. The fourth-order valence-electron chi connectivity index (χ4n) is 3.70. The lowest BCUT2D eigenvalue weighted by Gasteiger charge is -2.16. The van der Waals surface area contributed by atoms with Gasteiger partial charge in [0.1, 0.15) is 5.75 Å². The van der Waals surface area contributed by atoms with Gasteiger partial charge in [-0.25, -0.2) is 4.79 Å². The molecule has 2 aromatic rings. The molecule has 1 saturated carbocycles. The fourth-order valence-corrected chi connectivity index (χ4v) is 3.70. The zero-order valence-corrected chi connectivity index (χ0v) is 16.0. The van der Waals surface area contributed by atoms with Crippen LogP contribution in [-0.2, 0) is 4.79 Å². The van der Waals surface area contributed by atoms with Crippen LogP contribution in [0, 0.1) is 5.92 Å². The second-order valence-electron chi connectivity index (χ2n) is 7.46. The molecule has 6 nitrogen and oxygen atoms in total. The summed E-state index contributed by atoms with van der Waals surface area (Å²) >= 11 is 0. The Labute approximate surface area is 164 Å². The molecule has 0 bridgehead atoms. The normalized spacial score (nSPS) is 18.8. The van der Waals surface area contributed by atoms with Crippen LogP contribution in [0.3, 0.4) is 0 Å². The first-order chi connectivity index (χ1) is 13.6. The molecule has 146 valence electrons. The number of hydrogen-bond donors (Lipinski definition) is 2. The second-order valence-corrected chi connectivity index (χ2v) is 7.46. The molecule has 3 amide bonds. The number of ether oxygens (including phenoxy) is 1. The lowest BCUT2D eigenvalue weighted by Crippen LogP contribution is -2.34. The van der Waals surface area contributed by atoms with E-state index >= 15 is 0 Å². The Hall–Kier alpha value is -3.02. The molecule has 2 aliphatic rings. The zero-order chi connectivity index (χ0) is 19.5. The minimum atomic E-state index is -0.252. The first-order valence-electron chi connectivity index (χ1n) is 9.72. The Morgan fingerprint density at radius 2 is 1.89 bits per heavy atom. The summed E-state index contributed by atoms with van der Waals surface area (Å²) in [6.45, 7) is 1.26. The molecule has 1 saturated heterocycles. The highest BCUT2D eigenvalue weighted by atomic mass is 16.5. The number of amides is 3. The van der Waals surface area contributed by atoms with Crippen molar-refractivity contribution < 1.29 is 14.3 Å². The van der Waals surface area contributed by atoms with Crippen molar-refractivity contribution >= 4 is 17.6 Å². The Kier molecular flexibility index (Phi) is 5.19. The quantitative estimate of drug-likeness (QED) is 0.807. The molecule has 6 heteroatoms. The number of anilines is 1. The highest BCUT2D eigenvalue weighted by Gasteiger charge is 2.39. The van der Waals surface area contributed by atoms with Gasteiger partial charge in [0.25, 0.3) is 0 Å². The van der Waals surface area contributed by atoms with E-state index in [-0.39, 0.29) is 17.9 Å². The van der Waals surface area contributed by atoms with Crippen LogP contribution in [0.5, 0.6) is 5.75 Å². The monoisotopic (exact) mass is 379 g/mol. The van der Waals surface area contributed by atoms with Gasteiger partial charge >= 0.3 is 6.03 Å². The smallest absolute Gasteiger partial charge is 0.319 e. The topological polar surface area (TPSA) is 70.7 Å². The van der Waals surface area contributed by atoms with Crippen molar-refractivity contribution in [2.75, 3.05) is 25.5 Å². The van der Waals surface area contributed by atoms with E-state index in [1.807, 2.05) is 53.4 Å². The number of para-hydroxylation sites is 1. The van der Waals surface area contributed by atoms with Crippen molar-refractivity contribution in [2.45, 2.75) is 25.3 Å². The van der Waals surface area contributed by atoms with E-state index in [9.17, 15) is 9.59 Å². The standard InChI is InChI=1S/C22H25N3O3/c1-28-18-10-6-16(7-11-18)19-4-2-3-5-20(19)24-22(27)23-13-15-12-21(26)25(14-15)17-8-9-17/h2-7,10-11,15,17H,8-9,12-14H2,1H3,(H2,23,24,27)/t15-/m0/s1. The van der Waals surface area contributed by atoms with Crippen molar-refractivity contribution in [3.63, 3.8) is 0 Å². The predicted octanol–water partition coefficient (Wildman–Crippen LogP) is 3.49. The van der Waals surface area contributed by atoms with Crippen molar-refractivity contribution in [1.29, 1.82) is 0 Å². The summed E-state index contributed by atoms with van der Waals surface area (Å²) in [6, 6.07) is 15.6. The summed E-state index contributed by atoms with van der Waals surface area (Å²) in [5.41, 5.74) is 2.68. The summed E-state index contributed by atoms with van der Waals surface area (Å²) in [6.07, 6.45) is 2.77. The summed E-state index contributed by atoms with van der Waals surface area (Å²) < 4.78 is 5.21. The molecule has 0 aromatic heterocycles. The van der Waals surface area contributed by atoms with Gasteiger partial charge in [0, 0.05) is 37.0 Å². The average Bonchev–Trinajstić information content (AvgIpc) is 3.49. The van der Waals surface area contributed by atoms with E-state index in [0.29, 0.717) is 19.0 Å². The number of carbonyl (C=O) groups is 2. The average molecular weight is 379 g/mol. The Morgan fingerprint density at radius 3 is 2.61 bits per heavy atom. The zero-order valence-electron chi connectivity index (χ0n) is 16.0. The highest BCUT2D eigenvalue weighted by Crippen LogP contribution is 2.32.